The molecule has 0 saturated heterocycles. The molecule has 0 aromatic heterocycles. The van der Waals surface area contributed by atoms with Crippen LogP contribution >= 0.6 is 11.8 Å². The maximum absolute atomic E-state index is 13.7. The Hall–Kier alpha value is -0.630. The van der Waals surface area contributed by atoms with Gasteiger partial charge in [0, 0.05) is 23.9 Å². The highest BCUT2D eigenvalue weighted by Gasteiger charge is 2.20. The van der Waals surface area contributed by atoms with E-state index in [4.69, 9.17) is 0 Å². The molecular formula is C14H23FN2O2S2. The third-order valence-electron chi connectivity index (χ3n) is 3.08. The molecule has 0 aliphatic rings. The largest absolute Gasteiger partial charge is 0.313 e. The van der Waals surface area contributed by atoms with Crippen molar-refractivity contribution in [2.75, 3.05) is 18.6 Å². The molecule has 0 spiro atoms. The zero-order valence-corrected chi connectivity index (χ0v) is 14.3. The van der Waals surface area contributed by atoms with Crippen molar-refractivity contribution in [3.8, 4) is 0 Å². The SMILES string of the molecule is CCNCc1cc(S(=O)(=O)NC(CC)CSC)ccc1F. The van der Waals surface area contributed by atoms with Gasteiger partial charge >= 0.3 is 0 Å². The third kappa shape index (κ3) is 5.58. The molecule has 1 atom stereocenters. The Morgan fingerprint density at radius 3 is 2.62 bits per heavy atom. The summed E-state index contributed by atoms with van der Waals surface area (Å²) in [6, 6.07) is 3.79. The number of halogens is 1. The summed E-state index contributed by atoms with van der Waals surface area (Å²) < 4.78 is 41.0. The minimum absolute atomic E-state index is 0.108. The Kier molecular flexibility index (Phi) is 7.65. The summed E-state index contributed by atoms with van der Waals surface area (Å²) in [6.45, 7) is 4.85. The molecule has 1 unspecified atom stereocenters. The van der Waals surface area contributed by atoms with Crippen LogP contribution in [0.5, 0.6) is 0 Å². The van der Waals surface area contributed by atoms with Crippen molar-refractivity contribution in [3.63, 3.8) is 0 Å². The highest BCUT2D eigenvalue weighted by Crippen LogP contribution is 2.16. The Morgan fingerprint density at radius 1 is 1.33 bits per heavy atom. The van der Waals surface area contributed by atoms with Gasteiger partial charge in [-0.25, -0.2) is 17.5 Å². The lowest BCUT2D eigenvalue weighted by Crippen LogP contribution is -2.36. The number of rotatable bonds is 9. The van der Waals surface area contributed by atoms with Gasteiger partial charge in [-0.15, -0.1) is 0 Å². The van der Waals surface area contributed by atoms with Crippen LogP contribution in [0.4, 0.5) is 4.39 Å². The first-order chi connectivity index (χ1) is 9.94. The Labute approximate surface area is 131 Å². The second kappa shape index (κ2) is 8.73. The number of hydrogen-bond donors (Lipinski definition) is 2. The zero-order chi connectivity index (χ0) is 15.9. The molecule has 0 aliphatic carbocycles. The van der Waals surface area contributed by atoms with E-state index in [1.54, 1.807) is 11.8 Å². The van der Waals surface area contributed by atoms with E-state index in [1.165, 1.54) is 18.2 Å². The molecular weight excluding hydrogens is 311 g/mol. The molecule has 0 radical (unpaired) electrons. The van der Waals surface area contributed by atoms with Crippen LogP contribution in [0.25, 0.3) is 0 Å². The maximum atomic E-state index is 13.7. The van der Waals surface area contributed by atoms with Gasteiger partial charge in [-0.1, -0.05) is 13.8 Å². The van der Waals surface area contributed by atoms with E-state index in [0.29, 0.717) is 30.8 Å². The van der Waals surface area contributed by atoms with Crippen molar-refractivity contribution in [1.29, 1.82) is 0 Å². The van der Waals surface area contributed by atoms with Gasteiger partial charge < -0.3 is 5.32 Å². The molecule has 120 valence electrons. The quantitative estimate of drug-likeness (QED) is 0.728. The van der Waals surface area contributed by atoms with Crippen molar-refractivity contribution in [1.82, 2.24) is 10.0 Å². The second-order valence-electron chi connectivity index (χ2n) is 4.72. The molecule has 0 aliphatic heterocycles. The monoisotopic (exact) mass is 334 g/mol. The third-order valence-corrected chi connectivity index (χ3v) is 5.33. The molecule has 1 aromatic carbocycles. The van der Waals surface area contributed by atoms with E-state index in [-0.39, 0.29) is 10.9 Å². The van der Waals surface area contributed by atoms with E-state index >= 15 is 0 Å². The lowest BCUT2D eigenvalue weighted by Gasteiger charge is -2.16. The molecule has 0 fully saturated rings. The van der Waals surface area contributed by atoms with Crippen molar-refractivity contribution in [3.05, 3.63) is 29.6 Å². The molecule has 4 nitrogen and oxygen atoms in total. The summed E-state index contributed by atoms with van der Waals surface area (Å²) in [5.74, 6) is 0.312. The highest BCUT2D eigenvalue weighted by atomic mass is 32.2. The van der Waals surface area contributed by atoms with Crippen LogP contribution < -0.4 is 10.0 Å². The Balaban J connectivity index is 2.97. The second-order valence-corrected chi connectivity index (χ2v) is 7.34. The number of benzene rings is 1. The van der Waals surface area contributed by atoms with Gasteiger partial charge in [-0.05, 0) is 37.4 Å². The van der Waals surface area contributed by atoms with Crippen molar-refractivity contribution >= 4 is 21.8 Å². The molecule has 7 heteroatoms. The summed E-state index contributed by atoms with van der Waals surface area (Å²) >= 11 is 1.59. The molecule has 0 heterocycles. The van der Waals surface area contributed by atoms with Crippen LogP contribution in [-0.2, 0) is 16.6 Å². The van der Waals surface area contributed by atoms with Crippen LogP contribution in [0.15, 0.2) is 23.1 Å². The van der Waals surface area contributed by atoms with Gasteiger partial charge in [-0.3, -0.25) is 0 Å². The number of thioether (sulfide) groups is 1. The van der Waals surface area contributed by atoms with Gasteiger partial charge in [0.1, 0.15) is 5.82 Å². The molecule has 1 rings (SSSR count). The standard InChI is InChI=1S/C14H23FN2O2S2/c1-4-12(10-20-3)17-21(18,19)13-6-7-14(15)11(8-13)9-16-5-2/h6-8,12,16-17H,4-5,9-10H2,1-3H3. The predicted molar refractivity (Wildman–Crippen MR) is 86.6 cm³/mol. The fraction of sp³-hybridized carbons (Fsp3) is 0.571. The van der Waals surface area contributed by atoms with Crippen LogP contribution in [0.2, 0.25) is 0 Å². The Morgan fingerprint density at radius 2 is 2.05 bits per heavy atom. The number of hydrogen-bond acceptors (Lipinski definition) is 4. The van der Waals surface area contributed by atoms with Crippen LogP contribution in [-0.4, -0.2) is 33.0 Å². The first kappa shape index (κ1) is 18.4. The Bertz CT molecular complexity index is 550. The molecule has 0 saturated carbocycles. The van der Waals surface area contributed by atoms with Crippen molar-refractivity contribution in [2.24, 2.45) is 0 Å². The van der Waals surface area contributed by atoms with E-state index in [9.17, 15) is 12.8 Å². The van der Waals surface area contributed by atoms with Gasteiger partial charge in [-0.2, -0.15) is 11.8 Å². The summed E-state index contributed by atoms with van der Waals surface area (Å²) in [5.41, 5.74) is 0.359. The van der Waals surface area contributed by atoms with Gasteiger partial charge in [0.05, 0.1) is 4.90 Å². The minimum Gasteiger partial charge on any atom is -0.313 e. The topological polar surface area (TPSA) is 58.2 Å². The molecule has 2 N–H and O–H groups in total. The molecule has 21 heavy (non-hydrogen) atoms. The number of sulfonamides is 1. The maximum Gasteiger partial charge on any atom is 0.240 e. The van der Waals surface area contributed by atoms with Gasteiger partial charge in [0.2, 0.25) is 10.0 Å². The van der Waals surface area contributed by atoms with Crippen LogP contribution in [0, 0.1) is 5.82 Å². The van der Waals surface area contributed by atoms with E-state index in [1.807, 2.05) is 20.1 Å². The first-order valence-electron chi connectivity index (χ1n) is 6.95. The molecule has 0 amide bonds. The van der Waals surface area contributed by atoms with E-state index in [2.05, 4.69) is 10.0 Å². The zero-order valence-electron chi connectivity index (χ0n) is 12.6. The fourth-order valence-electron chi connectivity index (χ4n) is 1.84. The average Bonchev–Trinajstić information content (AvgIpc) is 2.45. The van der Waals surface area contributed by atoms with E-state index in [0.717, 1.165) is 0 Å². The van der Waals surface area contributed by atoms with Crippen LogP contribution in [0.1, 0.15) is 25.8 Å². The highest BCUT2D eigenvalue weighted by molar-refractivity contribution is 7.98. The lowest BCUT2D eigenvalue weighted by atomic mass is 10.2. The van der Waals surface area contributed by atoms with Crippen LogP contribution in [0.3, 0.4) is 0 Å². The van der Waals surface area contributed by atoms with Gasteiger partial charge in [0.15, 0.2) is 0 Å². The fourth-order valence-corrected chi connectivity index (χ4v) is 4.03. The van der Waals surface area contributed by atoms with Crippen molar-refractivity contribution < 1.29 is 12.8 Å². The lowest BCUT2D eigenvalue weighted by molar-refractivity contribution is 0.556. The summed E-state index contributed by atoms with van der Waals surface area (Å²) in [5, 5.41) is 3.00. The predicted octanol–water partition coefficient (Wildman–Crippen LogP) is 2.36. The average molecular weight is 334 g/mol. The normalized spacial score (nSPS) is 13.3. The smallest absolute Gasteiger partial charge is 0.240 e. The van der Waals surface area contributed by atoms with Crippen molar-refractivity contribution in [2.45, 2.75) is 37.8 Å². The first-order valence-corrected chi connectivity index (χ1v) is 9.82. The molecule has 1 aromatic rings. The van der Waals surface area contributed by atoms with Gasteiger partial charge in [0.25, 0.3) is 0 Å². The number of nitrogens with one attached hydrogen (secondary N) is 2. The minimum atomic E-state index is -3.62. The molecule has 0 bridgehead atoms. The summed E-state index contributed by atoms with van der Waals surface area (Å²) in [7, 11) is -3.62. The summed E-state index contributed by atoms with van der Waals surface area (Å²) in [6.07, 6.45) is 2.65. The van der Waals surface area contributed by atoms with E-state index < -0.39 is 15.8 Å². The summed E-state index contributed by atoms with van der Waals surface area (Å²) in [4.78, 5) is 0.108.